The molecule has 1 aromatic rings. The summed E-state index contributed by atoms with van der Waals surface area (Å²) < 4.78 is 31.6. The molecular weight excluding hydrogens is 377 g/mol. The molecule has 0 bridgehead atoms. The van der Waals surface area contributed by atoms with E-state index in [2.05, 4.69) is 0 Å². The van der Waals surface area contributed by atoms with Crippen molar-refractivity contribution in [3.8, 4) is 0 Å². The largest absolute Gasteiger partial charge is 0.457 e. The van der Waals surface area contributed by atoms with Gasteiger partial charge in [0.15, 0.2) is 5.78 Å². The molecule has 0 N–H and O–H groups in total. The average molecular weight is 394 g/mol. The van der Waals surface area contributed by atoms with Crippen LogP contribution in [0.25, 0.3) is 0 Å². The zero-order chi connectivity index (χ0) is 17.9. The second kappa shape index (κ2) is 7.82. The van der Waals surface area contributed by atoms with Gasteiger partial charge in [0.05, 0.1) is 16.0 Å². The first-order valence-corrected chi connectivity index (χ1v) is 9.53. The van der Waals surface area contributed by atoms with Gasteiger partial charge in [-0.2, -0.15) is 4.31 Å². The minimum absolute atomic E-state index is 0.0606. The fraction of sp³-hybridized carbons (Fsp3) is 0.467. The molecule has 1 aliphatic heterocycles. The number of sulfonamides is 1. The lowest BCUT2D eigenvalue weighted by atomic mass is 9.98. The van der Waals surface area contributed by atoms with E-state index in [1.807, 2.05) is 0 Å². The zero-order valence-corrected chi connectivity index (χ0v) is 15.3. The Morgan fingerprint density at radius 3 is 2.25 bits per heavy atom. The van der Waals surface area contributed by atoms with E-state index in [1.165, 1.54) is 23.4 Å². The van der Waals surface area contributed by atoms with Crippen molar-refractivity contribution < 1.29 is 22.7 Å². The van der Waals surface area contributed by atoms with Crippen molar-refractivity contribution in [1.82, 2.24) is 4.31 Å². The molecule has 0 unspecified atom stereocenters. The van der Waals surface area contributed by atoms with Crippen LogP contribution in [0.3, 0.4) is 0 Å². The normalized spacial score (nSPS) is 16.8. The summed E-state index contributed by atoms with van der Waals surface area (Å²) in [4.78, 5) is 22.6. The quantitative estimate of drug-likeness (QED) is 0.717. The highest BCUT2D eigenvalue weighted by atomic mass is 35.5. The third-order valence-electron chi connectivity index (χ3n) is 3.72. The van der Waals surface area contributed by atoms with Crippen LogP contribution in [0.15, 0.2) is 23.1 Å². The molecule has 0 atom stereocenters. The highest BCUT2D eigenvalue weighted by Gasteiger charge is 2.34. The van der Waals surface area contributed by atoms with Gasteiger partial charge in [0.25, 0.3) is 0 Å². The molecule has 0 saturated carbocycles. The van der Waals surface area contributed by atoms with Crippen molar-refractivity contribution in [3.05, 3.63) is 28.2 Å². The number of hydrogen-bond acceptors (Lipinski definition) is 5. The van der Waals surface area contributed by atoms with Gasteiger partial charge in [-0.05, 0) is 31.9 Å². The minimum atomic E-state index is -3.84. The van der Waals surface area contributed by atoms with Crippen molar-refractivity contribution in [2.24, 2.45) is 5.92 Å². The predicted octanol–water partition coefficient (Wildman–Crippen LogP) is 2.53. The molecule has 132 valence electrons. The molecule has 1 heterocycles. The summed E-state index contributed by atoms with van der Waals surface area (Å²) in [6, 6.07) is 4.50. The van der Waals surface area contributed by atoms with E-state index >= 15 is 0 Å². The Balaban J connectivity index is 2.06. The summed E-state index contributed by atoms with van der Waals surface area (Å²) in [6.45, 7) is 1.38. The molecule has 0 radical (unpaired) electrons. The second-order valence-electron chi connectivity index (χ2n) is 5.54. The lowest BCUT2D eigenvalue weighted by Crippen LogP contribution is -2.41. The molecule has 24 heavy (non-hydrogen) atoms. The number of Topliss-reactive ketones (excluding diaryl/α,β-unsaturated/α-hetero) is 1. The van der Waals surface area contributed by atoms with E-state index in [9.17, 15) is 18.0 Å². The van der Waals surface area contributed by atoms with Crippen LogP contribution in [-0.2, 0) is 24.3 Å². The van der Waals surface area contributed by atoms with Gasteiger partial charge in [0.2, 0.25) is 10.0 Å². The highest BCUT2D eigenvalue weighted by Crippen LogP contribution is 2.33. The summed E-state index contributed by atoms with van der Waals surface area (Å²) in [5.74, 6) is -1.13. The number of hydrogen-bond donors (Lipinski definition) is 0. The van der Waals surface area contributed by atoms with Crippen molar-refractivity contribution in [3.63, 3.8) is 0 Å². The standard InChI is InChI=1S/C15H17Cl2NO5S/c1-10(19)9-23-15(20)11-5-7-18(8-6-11)24(21,22)14-12(16)3-2-4-13(14)17/h2-4,11H,5-9H2,1H3. The van der Waals surface area contributed by atoms with Crippen LogP contribution in [0, 0.1) is 5.92 Å². The van der Waals surface area contributed by atoms with Crippen molar-refractivity contribution in [2.45, 2.75) is 24.7 Å². The van der Waals surface area contributed by atoms with Crippen LogP contribution in [0.1, 0.15) is 19.8 Å². The molecule has 1 saturated heterocycles. The number of piperidine rings is 1. The molecule has 1 aliphatic rings. The Morgan fingerprint density at radius 2 is 1.75 bits per heavy atom. The molecular formula is C15H17Cl2NO5S. The molecule has 1 aromatic carbocycles. The number of carbonyl (C=O) groups excluding carboxylic acids is 2. The third kappa shape index (κ3) is 4.27. The zero-order valence-electron chi connectivity index (χ0n) is 13.0. The maximum absolute atomic E-state index is 12.7. The summed E-state index contributed by atoms with van der Waals surface area (Å²) >= 11 is 12.0. The van der Waals surface area contributed by atoms with Gasteiger partial charge < -0.3 is 4.74 Å². The maximum Gasteiger partial charge on any atom is 0.309 e. The Kier molecular flexibility index (Phi) is 6.25. The molecule has 0 aliphatic carbocycles. The van der Waals surface area contributed by atoms with E-state index in [0.717, 1.165) is 0 Å². The second-order valence-corrected chi connectivity index (χ2v) is 8.23. The lowest BCUT2D eigenvalue weighted by Gasteiger charge is -2.30. The van der Waals surface area contributed by atoms with E-state index in [4.69, 9.17) is 27.9 Å². The van der Waals surface area contributed by atoms with Crippen LogP contribution in [0.5, 0.6) is 0 Å². The fourth-order valence-electron chi connectivity index (χ4n) is 2.48. The number of nitrogens with zero attached hydrogens (tertiary/aromatic N) is 1. The highest BCUT2D eigenvalue weighted by molar-refractivity contribution is 7.89. The van der Waals surface area contributed by atoms with Gasteiger partial charge in [-0.25, -0.2) is 8.42 Å². The first-order chi connectivity index (χ1) is 11.2. The number of rotatable bonds is 5. The van der Waals surface area contributed by atoms with Crippen molar-refractivity contribution in [2.75, 3.05) is 19.7 Å². The van der Waals surface area contributed by atoms with Gasteiger partial charge in [-0.3, -0.25) is 9.59 Å². The van der Waals surface area contributed by atoms with Crippen LogP contribution in [0.4, 0.5) is 0 Å². The van der Waals surface area contributed by atoms with Crippen LogP contribution in [-0.4, -0.2) is 44.2 Å². The minimum Gasteiger partial charge on any atom is -0.457 e. The Morgan fingerprint density at radius 1 is 1.21 bits per heavy atom. The summed E-state index contributed by atoms with van der Waals surface area (Å²) in [5, 5.41) is 0.121. The van der Waals surface area contributed by atoms with E-state index in [0.29, 0.717) is 12.8 Å². The molecule has 1 fully saturated rings. The van der Waals surface area contributed by atoms with E-state index < -0.39 is 21.9 Å². The molecule has 0 amide bonds. The number of ether oxygens (including phenoxy) is 1. The smallest absolute Gasteiger partial charge is 0.309 e. The van der Waals surface area contributed by atoms with Crippen LogP contribution >= 0.6 is 23.2 Å². The monoisotopic (exact) mass is 393 g/mol. The fourth-order valence-corrected chi connectivity index (χ4v) is 5.04. The predicted molar refractivity (Wildman–Crippen MR) is 89.6 cm³/mol. The first kappa shape index (κ1) is 19.2. The average Bonchev–Trinajstić information content (AvgIpc) is 2.52. The van der Waals surface area contributed by atoms with Crippen molar-refractivity contribution >= 4 is 45.0 Å². The summed E-state index contributed by atoms with van der Waals surface area (Å²) in [7, 11) is -3.84. The number of halogens is 2. The van der Waals surface area contributed by atoms with Gasteiger partial charge in [0, 0.05) is 13.1 Å². The lowest BCUT2D eigenvalue weighted by molar-refractivity contribution is -0.152. The Bertz CT molecular complexity index is 722. The number of benzene rings is 1. The van der Waals surface area contributed by atoms with Gasteiger partial charge in [-0.15, -0.1) is 0 Å². The number of carbonyl (C=O) groups is 2. The third-order valence-corrected chi connectivity index (χ3v) is 6.58. The Hall–Kier alpha value is -1.15. The summed E-state index contributed by atoms with van der Waals surface area (Å²) in [5.41, 5.74) is 0. The van der Waals surface area contributed by atoms with Gasteiger partial charge in [-0.1, -0.05) is 29.3 Å². The SMILES string of the molecule is CC(=O)COC(=O)C1CCN(S(=O)(=O)c2c(Cl)cccc2Cl)CC1. The molecule has 2 rings (SSSR count). The van der Waals surface area contributed by atoms with Crippen LogP contribution in [0.2, 0.25) is 10.0 Å². The Labute approximate surface area is 150 Å². The maximum atomic E-state index is 12.7. The molecule has 0 aromatic heterocycles. The molecule has 0 spiro atoms. The first-order valence-electron chi connectivity index (χ1n) is 7.33. The van der Waals surface area contributed by atoms with E-state index in [-0.39, 0.29) is 40.4 Å². The molecule has 6 nitrogen and oxygen atoms in total. The van der Waals surface area contributed by atoms with Gasteiger partial charge in [0.1, 0.15) is 11.5 Å². The van der Waals surface area contributed by atoms with Gasteiger partial charge >= 0.3 is 5.97 Å². The van der Waals surface area contributed by atoms with Crippen molar-refractivity contribution in [1.29, 1.82) is 0 Å². The number of ketones is 1. The molecule has 9 heteroatoms. The van der Waals surface area contributed by atoms with Crippen LogP contribution < -0.4 is 0 Å². The van der Waals surface area contributed by atoms with E-state index in [1.54, 1.807) is 6.07 Å². The number of esters is 1. The summed E-state index contributed by atoms with van der Waals surface area (Å²) in [6.07, 6.45) is 0.635. The topological polar surface area (TPSA) is 80.8 Å².